The van der Waals surface area contributed by atoms with Gasteiger partial charge in [0.15, 0.2) is 0 Å². The van der Waals surface area contributed by atoms with Gasteiger partial charge in [-0.1, -0.05) is 29.8 Å². The van der Waals surface area contributed by atoms with Gasteiger partial charge in [0, 0.05) is 28.6 Å². The van der Waals surface area contributed by atoms with Gasteiger partial charge < -0.3 is 11.1 Å². The molecule has 4 rings (SSSR count). The molecule has 0 saturated heterocycles. The Balaban J connectivity index is 1.80. The zero-order chi connectivity index (χ0) is 18.1. The Bertz CT molecular complexity index is 926. The molecule has 2 heterocycles. The van der Waals surface area contributed by atoms with Crippen molar-refractivity contribution in [3.63, 3.8) is 0 Å². The average Bonchev–Trinajstić information content (AvgIpc) is 2.87. The van der Waals surface area contributed by atoms with E-state index in [4.69, 9.17) is 17.3 Å². The predicted molar refractivity (Wildman–Crippen MR) is 101 cm³/mol. The number of hydrogen-bond donors (Lipinski definition) is 2. The molecule has 0 radical (unpaired) electrons. The number of nitrogen functional groups attached to an aromatic ring is 1. The average molecular weight is 369 g/mol. The molecule has 1 unspecified atom stereocenters. The molecular weight excluding hydrogens is 351 g/mol. The van der Waals surface area contributed by atoms with Gasteiger partial charge in [-0.3, -0.25) is 0 Å². The van der Waals surface area contributed by atoms with Gasteiger partial charge in [0.2, 0.25) is 0 Å². The van der Waals surface area contributed by atoms with E-state index in [1.54, 1.807) is 18.2 Å². The third kappa shape index (κ3) is 3.16. The fourth-order valence-corrected chi connectivity index (χ4v) is 3.61. The van der Waals surface area contributed by atoms with Gasteiger partial charge in [0.25, 0.3) is 0 Å². The third-order valence-electron chi connectivity index (χ3n) is 4.80. The van der Waals surface area contributed by atoms with E-state index in [-0.39, 0.29) is 11.7 Å². The van der Waals surface area contributed by atoms with Crippen LogP contribution in [0.3, 0.4) is 0 Å². The highest BCUT2D eigenvalue weighted by atomic mass is 35.5. The summed E-state index contributed by atoms with van der Waals surface area (Å²) >= 11 is 6.01. The van der Waals surface area contributed by atoms with E-state index in [9.17, 15) is 0 Å². The highest BCUT2D eigenvalue weighted by molar-refractivity contribution is 6.30. The number of fused-ring (bicyclic) bond motifs is 1. The number of rotatable bonds is 2. The van der Waals surface area contributed by atoms with Crippen LogP contribution in [-0.2, 0) is 6.54 Å². The molecule has 0 spiro atoms. The van der Waals surface area contributed by atoms with Crippen LogP contribution in [0.2, 0.25) is 5.02 Å². The molecule has 0 aliphatic carbocycles. The van der Waals surface area contributed by atoms with Crippen molar-refractivity contribution in [2.75, 3.05) is 12.3 Å². The molecule has 6 heteroatoms. The van der Waals surface area contributed by atoms with Crippen molar-refractivity contribution in [3.05, 3.63) is 76.1 Å². The maximum atomic E-state index is 15.3. The highest BCUT2D eigenvalue weighted by Gasteiger charge is 2.24. The predicted octanol–water partition coefficient (Wildman–Crippen LogP) is 4.14. The van der Waals surface area contributed by atoms with Gasteiger partial charge >= 0.3 is 0 Å². The fourth-order valence-electron chi connectivity index (χ4n) is 3.48. The number of nitrogens with one attached hydrogen (secondary N) is 1. The molecule has 132 valence electrons. The Hall–Kier alpha value is -2.50. The summed E-state index contributed by atoms with van der Waals surface area (Å²) in [6.07, 6.45) is 0.898. The summed E-state index contributed by atoms with van der Waals surface area (Å²) in [5, 5.41) is 11.9. The van der Waals surface area contributed by atoms with Gasteiger partial charge in [0.1, 0.15) is 11.6 Å². The molecule has 0 saturated carbocycles. The van der Waals surface area contributed by atoms with Crippen molar-refractivity contribution >= 4 is 17.4 Å². The van der Waals surface area contributed by atoms with Gasteiger partial charge in [-0.15, -0.1) is 10.2 Å². The van der Waals surface area contributed by atoms with Gasteiger partial charge in [0.05, 0.1) is 5.69 Å². The summed E-state index contributed by atoms with van der Waals surface area (Å²) in [7, 11) is 0. The normalized spacial score (nSPS) is 16.8. The van der Waals surface area contributed by atoms with Crippen LogP contribution in [0.25, 0.3) is 11.3 Å². The lowest BCUT2D eigenvalue weighted by atomic mass is 9.85. The number of nitrogens with zero attached hydrogens (tertiary/aromatic N) is 2. The summed E-state index contributed by atoms with van der Waals surface area (Å²) in [6, 6.07) is 14.9. The van der Waals surface area contributed by atoms with Gasteiger partial charge in [-0.05, 0) is 54.4 Å². The van der Waals surface area contributed by atoms with E-state index in [1.165, 1.54) is 0 Å². The van der Waals surface area contributed by atoms with E-state index < -0.39 is 0 Å². The summed E-state index contributed by atoms with van der Waals surface area (Å²) in [5.74, 6) is 0.182. The molecule has 1 aliphatic heterocycles. The maximum Gasteiger partial charge on any atom is 0.146 e. The Morgan fingerprint density at radius 3 is 2.58 bits per heavy atom. The molecule has 4 nitrogen and oxygen atoms in total. The minimum absolute atomic E-state index is 0.123. The Morgan fingerprint density at radius 1 is 1.04 bits per heavy atom. The Kier molecular flexibility index (Phi) is 4.57. The molecule has 1 atom stereocenters. The summed E-state index contributed by atoms with van der Waals surface area (Å²) < 4.78 is 15.3. The first-order chi connectivity index (χ1) is 12.6. The second-order valence-electron chi connectivity index (χ2n) is 6.41. The number of anilines is 1. The number of aromatic nitrogens is 2. The minimum Gasteiger partial charge on any atom is -0.382 e. The Morgan fingerprint density at radius 2 is 1.85 bits per heavy atom. The van der Waals surface area contributed by atoms with Crippen LogP contribution in [0.15, 0.2) is 48.5 Å². The van der Waals surface area contributed by atoms with Crippen LogP contribution in [0.1, 0.15) is 29.0 Å². The van der Waals surface area contributed by atoms with Crippen LogP contribution in [0, 0.1) is 5.82 Å². The summed E-state index contributed by atoms with van der Waals surface area (Å²) in [6.45, 7) is 1.31. The molecule has 1 aromatic heterocycles. The fraction of sp³-hybridized carbons (Fsp3) is 0.200. The quantitative estimate of drug-likeness (QED) is 0.713. The lowest BCUT2D eigenvalue weighted by Gasteiger charge is -2.19. The molecule has 0 bridgehead atoms. The molecule has 0 fully saturated rings. The van der Waals surface area contributed by atoms with Crippen LogP contribution in [-0.4, -0.2) is 16.7 Å². The first kappa shape index (κ1) is 16.9. The highest BCUT2D eigenvalue weighted by Crippen LogP contribution is 2.36. The third-order valence-corrected chi connectivity index (χ3v) is 5.05. The van der Waals surface area contributed by atoms with E-state index in [0.29, 0.717) is 34.2 Å². The van der Waals surface area contributed by atoms with Gasteiger partial charge in [-0.2, -0.15) is 0 Å². The molecule has 2 aromatic carbocycles. The molecular formula is C20H18ClFN4. The number of nitrogens with two attached hydrogens (primary N) is 1. The van der Waals surface area contributed by atoms with E-state index in [2.05, 4.69) is 15.5 Å². The second kappa shape index (κ2) is 7.02. The van der Waals surface area contributed by atoms with Crippen molar-refractivity contribution in [3.8, 4) is 11.3 Å². The van der Waals surface area contributed by atoms with Crippen molar-refractivity contribution in [2.24, 2.45) is 0 Å². The SMILES string of the molecule is Nc1ccc(-c2ccc3c(c2F)CNCCC3c2ccc(Cl)cc2)nn1. The molecule has 1 aliphatic rings. The zero-order valence-electron chi connectivity index (χ0n) is 14.0. The number of halogens is 2. The van der Waals surface area contributed by atoms with Crippen LogP contribution in [0.5, 0.6) is 0 Å². The number of benzene rings is 2. The second-order valence-corrected chi connectivity index (χ2v) is 6.84. The Labute approximate surface area is 156 Å². The van der Waals surface area contributed by atoms with E-state index >= 15 is 4.39 Å². The topological polar surface area (TPSA) is 63.8 Å². The molecule has 3 aromatic rings. The first-order valence-corrected chi connectivity index (χ1v) is 8.88. The zero-order valence-corrected chi connectivity index (χ0v) is 14.8. The van der Waals surface area contributed by atoms with Crippen molar-refractivity contribution < 1.29 is 4.39 Å². The molecule has 26 heavy (non-hydrogen) atoms. The largest absolute Gasteiger partial charge is 0.382 e. The van der Waals surface area contributed by atoms with Crippen molar-refractivity contribution in [1.29, 1.82) is 0 Å². The van der Waals surface area contributed by atoms with Crippen LogP contribution >= 0.6 is 11.6 Å². The molecule has 3 N–H and O–H groups in total. The summed E-state index contributed by atoms with van der Waals surface area (Å²) in [4.78, 5) is 0. The van der Waals surface area contributed by atoms with Gasteiger partial charge in [-0.25, -0.2) is 4.39 Å². The first-order valence-electron chi connectivity index (χ1n) is 8.50. The molecule has 0 amide bonds. The van der Waals surface area contributed by atoms with E-state index in [0.717, 1.165) is 24.1 Å². The minimum atomic E-state index is -0.255. The van der Waals surface area contributed by atoms with Crippen molar-refractivity contribution in [2.45, 2.75) is 18.9 Å². The van der Waals surface area contributed by atoms with E-state index in [1.807, 2.05) is 30.3 Å². The maximum absolute atomic E-state index is 15.3. The van der Waals surface area contributed by atoms with Crippen LogP contribution < -0.4 is 11.1 Å². The van der Waals surface area contributed by atoms with Crippen LogP contribution in [0.4, 0.5) is 10.2 Å². The smallest absolute Gasteiger partial charge is 0.146 e. The monoisotopic (exact) mass is 368 g/mol. The standard InChI is InChI=1S/C20H18ClFN4/c21-13-3-1-12(2-4-13)14-9-10-24-11-17-15(14)5-6-16(20(17)22)18-7-8-19(23)26-25-18/h1-8,14,24H,9-11H2,(H2,23,26). The lowest BCUT2D eigenvalue weighted by Crippen LogP contribution is -2.13. The number of hydrogen-bond acceptors (Lipinski definition) is 4. The van der Waals surface area contributed by atoms with Crippen molar-refractivity contribution in [1.82, 2.24) is 15.5 Å². The lowest BCUT2D eigenvalue weighted by molar-refractivity contribution is 0.596. The summed E-state index contributed by atoms with van der Waals surface area (Å²) in [5.41, 5.74) is 9.32.